The average molecular weight is 459 g/mol. The van der Waals surface area contributed by atoms with Crippen LogP contribution in [0.5, 0.6) is 0 Å². The number of nitrogens with one attached hydrogen (secondary N) is 1. The summed E-state index contributed by atoms with van der Waals surface area (Å²) in [6.07, 6.45) is 0. The first-order valence-electron chi connectivity index (χ1n) is 9.88. The van der Waals surface area contributed by atoms with E-state index < -0.39 is 0 Å². The lowest BCUT2D eigenvalue weighted by atomic mass is 9.99. The molecule has 0 aliphatic heterocycles. The quantitative estimate of drug-likeness (QED) is 0.354. The van der Waals surface area contributed by atoms with Crippen molar-refractivity contribution in [2.75, 3.05) is 5.32 Å². The zero-order valence-electron chi connectivity index (χ0n) is 17.5. The molecule has 0 aliphatic carbocycles. The Morgan fingerprint density at radius 3 is 2.23 bits per heavy atom. The first-order valence-corrected chi connectivity index (χ1v) is 10.7. The number of hydrogen-bond acceptors (Lipinski definition) is 2. The predicted molar refractivity (Wildman–Crippen MR) is 128 cm³/mol. The van der Waals surface area contributed by atoms with Gasteiger partial charge in [0, 0.05) is 21.1 Å². The summed E-state index contributed by atoms with van der Waals surface area (Å²) in [6, 6.07) is 20.1. The summed E-state index contributed by atoms with van der Waals surface area (Å²) < 4.78 is 1.01. The fourth-order valence-electron chi connectivity index (χ4n) is 3.78. The molecule has 4 heteroatoms. The molecule has 0 saturated heterocycles. The van der Waals surface area contributed by atoms with E-state index in [1.54, 1.807) is 0 Å². The molecule has 1 aromatic heterocycles. The van der Waals surface area contributed by atoms with Crippen LogP contribution in [0.3, 0.4) is 0 Å². The second-order valence-electron chi connectivity index (χ2n) is 7.81. The Hall–Kier alpha value is -2.98. The van der Waals surface area contributed by atoms with Crippen LogP contribution in [-0.4, -0.2) is 10.9 Å². The zero-order valence-corrected chi connectivity index (χ0v) is 19.1. The Labute approximate surface area is 185 Å². The highest BCUT2D eigenvalue weighted by atomic mass is 79.9. The van der Waals surface area contributed by atoms with Gasteiger partial charge in [-0.25, -0.2) is 4.98 Å². The van der Waals surface area contributed by atoms with Crippen molar-refractivity contribution in [1.29, 1.82) is 0 Å². The molecule has 1 N–H and O–H groups in total. The highest BCUT2D eigenvalue weighted by Crippen LogP contribution is 2.29. The number of nitrogens with zero attached hydrogens (tertiary/aromatic N) is 1. The lowest BCUT2D eigenvalue weighted by Gasteiger charge is -2.14. The van der Waals surface area contributed by atoms with Gasteiger partial charge in [0.15, 0.2) is 0 Å². The summed E-state index contributed by atoms with van der Waals surface area (Å²) in [5.41, 5.74) is 8.45. The lowest BCUT2D eigenvalue weighted by Crippen LogP contribution is -2.14. The number of fused-ring (bicyclic) bond motifs is 1. The normalized spacial score (nSPS) is 11.0. The van der Waals surface area contributed by atoms with Crippen molar-refractivity contribution >= 4 is 38.4 Å². The number of rotatable bonds is 3. The maximum atomic E-state index is 13.4. The summed E-state index contributed by atoms with van der Waals surface area (Å²) in [5, 5.41) is 3.97. The third-order valence-corrected chi connectivity index (χ3v) is 5.79. The van der Waals surface area contributed by atoms with Crippen LogP contribution in [0, 0.1) is 27.7 Å². The molecule has 0 unspecified atom stereocenters. The summed E-state index contributed by atoms with van der Waals surface area (Å²) in [6.45, 7) is 8.14. The van der Waals surface area contributed by atoms with E-state index in [1.807, 2.05) is 76.2 Å². The van der Waals surface area contributed by atoms with Crippen LogP contribution in [0.15, 0.2) is 65.1 Å². The molecule has 3 aromatic carbocycles. The third kappa shape index (κ3) is 4.01. The van der Waals surface area contributed by atoms with E-state index in [9.17, 15) is 4.79 Å². The van der Waals surface area contributed by atoms with Gasteiger partial charge >= 0.3 is 0 Å². The number of carbonyl (C=O) groups is 1. The molecule has 0 atom stereocenters. The standard InChI is InChI=1S/C26H23BrN2O/c1-15-5-10-23(17(3)11-15)29-26(30)22-14-24(19-6-8-20(27)9-7-19)28-25-18(4)12-16(2)13-21(22)25/h5-14H,1-4H3,(H,29,30). The van der Waals surface area contributed by atoms with Crippen molar-refractivity contribution < 1.29 is 4.79 Å². The fraction of sp³-hybridized carbons (Fsp3) is 0.154. The van der Waals surface area contributed by atoms with Crippen LogP contribution in [0.2, 0.25) is 0 Å². The van der Waals surface area contributed by atoms with Gasteiger partial charge < -0.3 is 5.32 Å². The molecule has 1 heterocycles. The highest BCUT2D eigenvalue weighted by molar-refractivity contribution is 9.10. The van der Waals surface area contributed by atoms with Gasteiger partial charge in [-0.15, -0.1) is 0 Å². The Morgan fingerprint density at radius 1 is 0.833 bits per heavy atom. The van der Waals surface area contributed by atoms with Gasteiger partial charge in [0.1, 0.15) is 0 Å². The van der Waals surface area contributed by atoms with Crippen LogP contribution in [0.4, 0.5) is 5.69 Å². The van der Waals surface area contributed by atoms with E-state index in [0.717, 1.165) is 49.0 Å². The third-order valence-electron chi connectivity index (χ3n) is 5.26. The molecular formula is C26H23BrN2O. The molecule has 0 radical (unpaired) electrons. The Balaban J connectivity index is 1.87. The molecule has 4 aromatic rings. The summed E-state index contributed by atoms with van der Waals surface area (Å²) in [5.74, 6) is -0.127. The van der Waals surface area contributed by atoms with Crippen LogP contribution >= 0.6 is 15.9 Å². The highest BCUT2D eigenvalue weighted by Gasteiger charge is 2.17. The van der Waals surface area contributed by atoms with E-state index in [0.29, 0.717) is 5.56 Å². The van der Waals surface area contributed by atoms with Crippen molar-refractivity contribution in [3.8, 4) is 11.3 Å². The molecule has 4 rings (SSSR count). The van der Waals surface area contributed by atoms with E-state index >= 15 is 0 Å². The van der Waals surface area contributed by atoms with E-state index in [4.69, 9.17) is 4.98 Å². The van der Waals surface area contributed by atoms with Crippen molar-refractivity contribution in [2.45, 2.75) is 27.7 Å². The number of halogens is 1. The minimum Gasteiger partial charge on any atom is -0.322 e. The number of hydrogen-bond donors (Lipinski definition) is 1. The van der Waals surface area contributed by atoms with Crippen molar-refractivity contribution in [1.82, 2.24) is 4.98 Å². The van der Waals surface area contributed by atoms with Gasteiger partial charge in [0.25, 0.3) is 5.91 Å². The number of carbonyl (C=O) groups excluding carboxylic acids is 1. The average Bonchev–Trinajstić information content (AvgIpc) is 2.70. The first kappa shape index (κ1) is 20.3. The van der Waals surface area contributed by atoms with Crippen molar-refractivity contribution in [3.05, 3.63) is 93.0 Å². The number of anilines is 1. The minimum atomic E-state index is -0.127. The number of aromatic nitrogens is 1. The molecule has 0 saturated carbocycles. The van der Waals surface area contributed by atoms with Gasteiger partial charge in [-0.1, -0.05) is 57.4 Å². The first-order chi connectivity index (χ1) is 14.3. The summed E-state index contributed by atoms with van der Waals surface area (Å²) in [4.78, 5) is 18.3. The van der Waals surface area contributed by atoms with E-state index in [1.165, 1.54) is 5.56 Å². The van der Waals surface area contributed by atoms with Gasteiger partial charge in [0.2, 0.25) is 0 Å². The molecule has 0 fully saturated rings. The Morgan fingerprint density at radius 2 is 1.53 bits per heavy atom. The van der Waals surface area contributed by atoms with E-state index in [-0.39, 0.29) is 5.91 Å². The smallest absolute Gasteiger partial charge is 0.256 e. The summed E-state index contributed by atoms with van der Waals surface area (Å²) >= 11 is 3.48. The van der Waals surface area contributed by atoms with E-state index in [2.05, 4.69) is 33.4 Å². The molecular weight excluding hydrogens is 436 g/mol. The zero-order chi connectivity index (χ0) is 21.4. The molecule has 0 spiro atoms. The number of amides is 1. The SMILES string of the molecule is Cc1ccc(NC(=O)c2cc(-c3ccc(Br)cc3)nc3c(C)cc(C)cc23)c(C)c1. The maximum Gasteiger partial charge on any atom is 0.256 e. The topological polar surface area (TPSA) is 42.0 Å². The molecule has 150 valence electrons. The molecule has 0 aliphatic rings. The Bertz CT molecular complexity index is 1280. The Kier molecular flexibility index (Phi) is 5.44. The minimum absolute atomic E-state index is 0.127. The van der Waals surface area contributed by atoms with Crippen LogP contribution in [0.25, 0.3) is 22.2 Å². The predicted octanol–water partition coefficient (Wildman–Crippen LogP) is 7.15. The number of aryl methyl sites for hydroxylation is 4. The van der Waals surface area contributed by atoms with Crippen molar-refractivity contribution in [2.24, 2.45) is 0 Å². The second kappa shape index (κ2) is 8.04. The molecule has 1 amide bonds. The molecule has 3 nitrogen and oxygen atoms in total. The fourth-order valence-corrected chi connectivity index (χ4v) is 4.05. The molecule has 0 bridgehead atoms. The second-order valence-corrected chi connectivity index (χ2v) is 8.73. The molecule has 30 heavy (non-hydrogen) atoms. The van der Waals surface area contributed by atoms with Crippen LogP contribution in [0.1, 0.15) is 32.6 Å². The lowest BCUT2D eigenvalue weighted by molar-refractivity contribution is 0.102. The van der Waals surface area contributed by atoms with Crippen LogP contribution < -0.4 is 5.32 Å². The maximum absolute atomic E-state index is 13.4. The van der Waals surface area contributed by atoms with Gasteiger partial charge in [-0.3, -0.25) is 4.79 Å². The van der Waals surface area contributed by atoms with Crippen LogP contribution in [-0.2, 0) is 0 Å². The largest absolute Gasteiger partial charge is 0.322 e. The van der Waals surface area contributed by atoms with Crippen molar-refractivity contribution in [3.63, 3.8) is 0 Å². The van der Waals surface area contributed by atoms with Gasteiger partial charge in [0.05, 0.1) is 16.8 Å². The summed E-state index contributed by atoms with van der Waals surface area (Å²) in [7, 11) is 0. The van der Waals surface area contributed by atoms with Gasteiger partial charge in [-0.05, 0) is 69.2 Å². The van der Waals surface area contributed by atoms with Gasteiger partial charge in [-0.2, -0.15) is 0 Å². The monoisotopic (exact) mass is 458 g/mol. The number of pyridine rings is 1. The number of benzene rings is 3.